The van der Waals surface area contributed by atoms with Crippen LogP contribution in [0.3, 0.4) is 0 Å². The van der Waals surface area contributed by atoms with E-state index in [-0.39, 0.29) is 11.7 Å². The predicted octanol–water partition coefficient (Wildman–Crippen LogP) is 3.29. The van der Waals surface area contributed by atoms with Crippen LogP contribution in [0, 0.1) is 0 Å². The third kappa shape index (κ3) is 3.54. The topological polar surface area (TPSA) is 70.9 Å². The van der Waals surface area contributed by atoms with Gasteiger partial charge in [-0.25, -0.2) is 4.99 Å². The molecular formula is C17H14N2O3S. The van der Waals surface area contributed by atoms with E-state index in [0.29, 0.717) is 15.8 Å². The standard InChI is InChI=1S/C17H14N2O3S/c1-22-14-9-11(7-8-13(14)20)10-15-16(21)19-17(23-15)18-12-5-3-2-4-6-12/h2-10,20H,1H3,(H,18,19,21)/b15-10+. The van der Waals surface area contributed by atoms with Crippen LogP contribution in [0.4, 0.5) is 5.69 Å². The van der Waals surface area contributed by atoms with Crippen LogP contribution in [0.1, 0.15) is 5.56 Å². The number of hydrogen-bond donors (Lipinski definition) is 2. The predicted molar refractivity (Wildman–Crippen MR) is 91.9 cm³/mol. The van der Waals surface area contributed by atoms with Crippen molar-refractivity contribution >= 4 is 34.6 Å². The number of carbonyl (C=O) groups is 1. The van der Waals surface area contributed by atoms with Crippen LogP contribution in [0.25, 0.3) is 6.08 Å². The fourth-order valence-electron chi connectivity index (χ4n) is 2.04. The molecule has 2 N–H and O–H groups in total. The summed E-state index contributed by atoms with van der Waals surface area (Å²) in [5.41, 5.74) is 1.54. The van der Waals surface area contributed by atoms with Gasteiger partial charge in [-0.2, -0.15) is 0 Å². The van der Waals surface area contributed by atoms with E-state index in [0.717, 1.165) is 11.3 Å². The Bertz CT molecular complexity index is 801. The quantitative estimate of drug-likeness (QED) is 0.849. The molecular weight excluding hydrogens is 312 g/mol. The summed E-state index contributed by atoms with van der Waals surface area (Å²) in [5.74, 6) is 0.224. The average molecular weight is 326 g/mol. The van der Waals surface area contributed by atoms with E-state index < -0.39 is 0 Å². The number of methoxy groups -OCH3 is 1. The summed E-state index contributed by atoms with van der Waals surface area (Å²) in [6.07, 6.45) is 1.73. The first-order chi connectivity index (χ1) is 11.2. The maximum atomic E-state index is 12.0. The SMILES string of the molecule is COc1cc(/C=C2/SC(=Nc3ccccc3)NC2=O)ccc1O. The number of ether oxygens (including phenoxy) is 1. The number of aliphatic imine (C=N–C) groups is 1. The summed E-state index contributed by atoms with van der Waals surface area (Å²) in [6.45, 7) is 0. The summed E-state index contributed by atoms with van der Waals surface area (Å²) in [5, 5.41) is 12.9. The summed E-state index contributed by atoms with van der Waals surface area (Å²) in [4.78, 5) is 17.0. The van der Waals surface area contributed by atoms with Crippen molar-refractivity contribution in [2.45, 2.75) is 0 Å². The molecule has 3 rings (SSSR count). The van der Waals surface area contributed by atoms with E-state index in [1.165, 1.54) is 24.9 Å². The average Bonchev–Trinajstić information content (AvgIpc) is 2.89. The normalized spacial score (nSPS) is 17.5. The first-order valence-corrected chi connectivity index (χ1v) is 7.69. The van der Waals surface area contributed by atoms with Crippen molar-refractivity contribution < 1.29 is 14.6 Å². The number of aromatic hydroxyl groups is 1. The third-order valence-electron chi connectivity index (χ3n) is 3.14. The summed E-state index contributed by atoms with van der Waals surface area (Å²) in [7, 11) is 1.48. The first kappa shape index (κ1) is 15.2. The zero-order valence-electron chi connectivity index (χ0n) is 12.3. The summed E-state index contributed by atoms with van der Waals surface area (Å²) in [6, 6.07) is 14.3. The minimum absolute atomic E-state index is 0.0597. The molecule has 2 aromatic rings. The monoisotopic (exact) mass is 326 g/mol. The van der Waals surface area contributed by atoms with Gasteiger partial charge in [-0.1, -0.05) is 24.3 Å². The fourth-order valence-corrected chi connectivity index (χ4v) is 2.88. The van der Waals surface area contributed by atoms with Gasteiger partial charge in [-0.15, -0.1) is 0 Å². The number of phenolic OH excluding ortho intramolecular Hbond substituents is 1. The lowest BCUT2D eigenvalue weighted by molar-refractivity contribution is -0.115. The van der Waals surface area contributed by atoms with Gasteiger partial charge >= 0.3 is 0 Å². The minimum Gasteiger partial charge on any atom is -0.504 e. The highest BCUT2D eigenvalue weighted by atomic mass is 32.2. The Labute approximate surface area is 137 Å². The Kier molecular flexibility index (Phi) is 4.34. The molecule has 116 valence electrons. The van der Waals surface area contributed by atoms with Crippen molar-refractivity contribution in [2.75, 3.05) is 7.11 Å². The van der Waals surface area contributed by atoms with E-state index in [2.05, 4.69) is 10.3 Å². The number of amides is 1. The van der Waals surface area contributed by atoms with Crippen LogP contribution in [0.15, 0.2) is 58.4 Å². The highest BCUT2D eigenvalue weighted by Crippen LogP contribution is 2.31. The molecule has 1 fully saturated rings. The van der Waals surface area contributed by atoms with Gasteiger partial charge < -0.3 is 15.2 Å². The Hall–Kier alpha value is -2.73. The van der Waals surface area contributed by atoms with E-state index in [9.17, 15) is 9.90 Å². The van der Waals surface area contributed by atoms with Gasteiger partial charge in [0.1, 0.15) is 0 Å². The van der Waals surface area contributed by atoms with Crippen LogP contribution in [0.5, 0.6) is 11.5 Å². The molecule has 5 nitrogen and oxygen atoms in total. The molecule has 1 aliphatic heterocycles. The van der Waals surface area contributed by atoms with Crippen molar-refractivity contribution in [3.63, 3.8) is 0 Å². The van der Waals surface area contributed by atoms with Crippen LogP contribution in [0.2, 0.25) is 0 Å². The molecule has 23 heavy (non-hydrogen) atoms. The Morgan fingerprint density at radius 2 is 2.00 bits per heavy atom. The number of para-hydroxylation sites is 1. The fraction of sp³-hybridized carbons (Fsp3) is 0.0588. The smallest absolute Gasteiger partial charge is 0.264 e. The van der Waals surface area contributed by atoms with E-state index >= 15 is 0 Å². The second-order valence-corrected chi connectivity index (χ2v) is 5.78. The van der Waals surface area contributed by atoms with Gasteiger partial charge in [0.25, 0.3) is 5.91 Å². The lowest BCUT2D eigenvalue weighted by Gasteiger charge is -2.03. The van der Waals surface area contributed by atoms with Crippen molar-refractivity contribution in [1.29, 1.82) is 0 Å². The zero-order valence-corrected chi connectivity index (χ0v) is 13.1. The Morgan fingerprint density at radius 3 is 2.74 bits per heavy atom. The molecule has 0 unspecified atom stereocenters. The number of benzene rings is 2. The van der Waals surface area contributed by atoms with Gasteiger partial charge in [0.05, 0.1) is 17.7 Å². The molecule has 2 aromatic carbocycles. The van der Waals surface area contributed by atoms with Gasteiger partial charge in [-0.3, -0.25) is 4.79 Å². The summed E-state index contributed by atoms with van der Waals surface area (Å²) < 4.78 is 5.07. The largest absolute Gasteiger partial charge is 0.504 e. The van der Waals surface area contributed by atoms with E-state index in [1.54, 1.807) is 18.2 Å². The molecule has 1 saturated heterocycles. The molecule has 0 saturated carbocycles. The van der Waals surface area contributed by atoms with Crippen LogP contribution >= 0.6 is 11.8 Å². The van der Waals surface area contributed by atoms with E-state index in [1.807, 2.05) is 30.3 Å². The number of thioether (sulfide) groups is 1. The third-order valence-corrected chi connectivity index (χ3v) is 4.05. The second kappa shape index (κ2) is 6.58. The first-order valence-electron chi connectivity index (χ1n) is 6.87. The maximum absolute atomic E-state index is 12.0. The molecule has 1 amide bonds. The van der Waals surface area contributed by atoms with Gasteiger partial charge in [-0.05, 0) is 47.7 Å². The number of nitrogens with one attached hydrogen (secondary N) is 1. The van der Waals surface area contributed by atoms with Crippen LogP contribution < -0.4 is 10.1 Å². The molecule has 1 heterocycles. The highest BCUT2D eigenvalue weighted by Gasteiger charge is 2.23. The lowest BCUT2D eigenvalue weighted by Crippen LogP contribution is -2.19. The lowest BCUT2D eigenvalue weighted by atomic mass is 10.2. The summed E-state index contributed by atoms with van der Waals surface area (Å²) >= 11 is 1.27. The Balaban J connectivity index is 1.84. The number of hydrogen-bond acceptors (Lipinski definition) is 5. The number of rotatable bonds is 3. The van der Waals surface area contributed by atoms with Crippen molar-refractivity contribution in [1.82, 2.24) is 5.32 Å². The number of amidine groups is 1. The number of nitrogens with zero attached hydrogens (tertiary/aromatic N) is 1. The molecule has 1 aliphatic rings. The maximum Gasteiger partial charge on any atom is 0.264 e. The minimum atomic E-state index is -0.197. The molecule has 0 radical (unpaired) electrons. The van der Waals surface area contributed by atoms with Crippen molar-refractivity contribution in [3.05, 3.63) is 59.0 Å². The number of carbonyl (C=O) groups excluding carboxylic acids is 1. The molecule has 0 bridgehead atoms. The van der Waals surface area contributed by atoms with Gasteiger partial charge in [0, 0.05) is 0 Å². The molecule has 0 aliphatic carbocycles. The van der Waals surface area contributed by atoms with Crippen molar-refractivity contribution in [2.24, 2.45) is 4.99 Å². The van der Waals surface area contributed by atoms with E-state index in [4.69, 9.17) is 4.74 Å². The zero-order chi connectivity index (χ0) is 16.2. The van der Waals surface area contributed by atoms with Gasteiger partial charge in [0.15, 0.2) is 16.7 Å². The molecule has 0 aromatic heterocycles. The van der Waals surface area contributed by atoms with Crippen LogP contribution in [-0.4, -0.2) is 23.3 Å². The molecule has 0 spiro atoms. The number of phenols is 1. The molecule has 6 heteroatoms. The second-order valence-electron chi connectivity index (χ2n) is 4.75. The highest BCUT2D eigenvalue weighted by molar-refractivity contribution is 8.18. The van der Waals surface area contributed by atoms with Gasteiger partial charge in [0.2, 0.25) is 0 Å². The van der Waals surface area contributed by atoms with Crippen LogP contribution in [-0.2, 0) is 4.79 Å². The molecule has 0 atom stereocenters. The van der Waals surface area contributed by atoms with Crippen molar-refractivity contribution in [3.8, 4) is 11.5 Å². The Morgan fingerprint density at radius 1 is 1.22 bits per heavy atom.